The standard InChI is InChI=1S/C17H15.C9H13.2CH3.2ClH.Si.Zr/c1-2-13-7-3-5-9-15(13)17-12-11-14-8-4-6-10-16(14)17;1-6-5-7(2)9(4)8(6)3;;;;;;/h3-12H,2H2,1H3;6H,1-4H3;2*1H3;2*1H;;/q4*-1;;;;. The Morgan fingerprint density at radius 3 is 1.97 bits per heavy atom. The van der Waals surface area contributed by atoms with E-state index in [9.17, 15) is 0 Å². The average Bonchev–Trinajstić information content (AvgIpc) is 3.26. The molecule has 0 amide bonds. The van der Waals surface area contributed by atoms with Gasteiger partial charge in [-0.05, 0) is 6.42 Å². The molecule has 0 spiro atoms. The van der Waals surface area contributed by atoms with E-state index in [1.165, 1.54) is 67.5 Å². The molecule has 0 saturated carbocycles. The summed E-state index contributed by atoms with van der Waals surface area (Å²) in [5, 5.41) is 2.68. The molecule has 3 aromatic carbocycles. The van der Waals surface area contributed by atoms with Gasteiger partial charge in [-0.1, -0.05) is 75.1 Å². The monoisotopic (exact) mass is 560 g/mol. The van der Waals surface area contributed by atoms with Crippen molar-refractivity contribution in [2.45, 2.75) is 41.0 Å². The third-order valence-electron chi connectivity index (χ3n) is 5.61. The van der Waals surface area contributed by atoms with Crippen molar-refractivity contribution < 1.29 is 23.3 Å². The third kappa shape index (κ3) is 8.53. The van der Waals surface area contributed by atoms with Crippen LogP contribution in [0.3, 0.4) is 0 Å². The molecule has 1 unspecified atom stereocenters. The fraction of sp³-hybridized carbons (Fsp3) is 0.250. The Bertz CT molecular complexity index is 1000. The molecule has 32 heavy (non-hydrogen) atoms. The van der Waals surface area contributed by atoms with E-state index in [2.05, 4.69) is 108 Å². The minimum atomic E-state index is 0. The van der Waals surface area contributed by atoms with Crippen LogP contribution in [-0.4, -0.2) is 6.88 Å². The van der Waals surface area contributed by atoms with Crippen molar-refractivity contribution in [2.75, 3.05) is 0 Å². The molecule has 1 atom stereocenters. The van der Waals surface area contributed by atoms with Gasteiger partial charge >= 0.3 is 30.2 Å². The Hall–Kier alpha value is -0.790. The molecule has 1 aliphatic carbocycles. The summed E-state index contributed by atoms with van der Waals surface area (Å²) >= 11 is 1.36. The quantitative estimate of drug-likeness (QED) is 0.216. The zero-order valence-electron chi connectivity index (χ0n) is 20.4. The molecular weight excluding hydrogens is 527 g/mol. The molecule has 0 N–H and O–H groups in total. The first-order valence-electron chi connectivity index (χ1n) is 9.78. The van der Waals surface area contributed by atoms with Gasteiger partial charge in [0.05, 0.1) is 0 Å². The number of halogens is 2. The Labute approximate surface area is 226 Å². The summed E-state index contributed by atoms with van der Waals surface area (Å²) in [5.41, 5.74) is 8.40. The summed E-state index contributed by atoms with van der Waals surface area (Å²) in [4.78, 5) is 0. The van der Waals surface area contributed by atoms with Crippen molar-refractivity contribution in [1.82, 2.24) is 0 Å². The van der Waals surface area contributed by atoms with E-state index in [0.717, 1.165) is 6.42 Å². The first-order valence-corrected chi connectivity index (χ1v) is 14.0. The molecule has 4 rings (SSSR count). The number of rotatable bonds is 2. The van der Waals surface area contributed by atoms with Crippen molar-refractivity contribution in [2.24, 2.45) is 5.92 Å². The van der Waals surface area contributed by atoms with Gasteiger partial charge in [0.15, 0.2) is 0 Å². The van der Waals surface area contributed by atoms with E-state index in [-0.39, 0.29) is 39.7 Å². The van der Waals surface area contributed by atoms with Crippen LogP contribution >= 0.6 is 24.8 Å². The normalized spacial score (nSPS) is 13.5. The summed E-state index contributed by atoms with van der Waals surface area (Å²) < 4.78 is 0. The van der Waals surface area contributed by atoms with E-state index in [1.807, 2.05) is 0 Å². The Morgan fingerprint density at radius 1 is 0.906 bits per heavy atom. The van der Waals surface area contributed by atoms with E-state index in [0.29, 0.717) is 5.92 Å². The van der Waals surface area contributed by atoms with Crippen LogP contribution in [0.5, 0.6) is 0 Å². The Kier molecular flexibility index (Phi) is 19.7. The van der Waals surface area contributed by atoms with Crippen molar-refractivity contribution >= 4 is 42.5 Å². The number of fused-ring (bicyclic) bond motifs is 1. The van der Waals surface area contributed by atoms with Crippen LogP contribution in [0.25, 0.3) is 21.9 Å². The molecule has 0 aliphatic heterocycles. The molecule has 4 heteroatoms. The van der Waals surface area contributed by atoms with Crippen molar-refractivity contribution in [3.8, 4) is 11.1 Å². The van der Waals surface area contributed by atoms with Gasteiger partial charge in [-0.2, -0.15) is 11.1 Å². The maximum atomic E-state index is 3.36. The fourth-order valence-corrected chi connectivity index (χ4v) is 3.64. The predicted octanol–water partition coefficient (Wildman–Crippen LogP) is 8.87. The average molecular weight is 563 g/mol. The van der Waals surface area contributed by atoms with Crippen LogP contribution < -0.4 is 0 Å². The minimum absolute atomic E-state index is 0. The van der Waals surface area contributed by atoms with Gasteiger partial charge in [0.2, 0.25) is 0 Å². The molecule has 0 saturated heterocycles. The number of hydrogen-bond acceptors (Lipinski definition) is 0. The van der Waals surface area contributed by atoms with E-state index in [1.54, 1.807) is 0 Å². The first-order chi connectivity index (χ1) is 13.5. The van der Waals surface area contributed by atoms with Gasteiger partial charge in [0.1, 0.15) is 0 Å². The molecule has 2 radical (unpaired) electrons. The van der Waals surface area contributed by atoms with Gasteiger partial charge < -0.3 is 14.9 Å². The summed E-state index contributed by atoms with van der Waals surface area (Å²) in [6.07, 6.45) is 4.44. The molecule has 3 aromatic rings. The van der Waals surface area contributed by atoms with Crippen molar-refractivity contribution in [3.63, 3.8) is 0 Å². The molecule has 0 heterocycles. The molecule has 0 fully saturated rings. The molecule has 0 nitrogen and oxygen atoms in total. The summed E-state index contributed by atoms with van der Waals surface area (Å²) in [7, 11) is 0. The number of allylic oxidation sites excluding steroid dienone is 4. The summed E-state index contributed by atoms with van der Waals surface area (Å²) in [6, 6.07) is 21.7. The van der Waals surface area contributed by atoms with Gasteiger partial charge in [0, 0.05) is 0 Å². The van der Waals surface area contributed by atoms with Crippen molar-refractivity contribution in [1.29, 1.82) is 0 Å². The SMILES string of the molecule is CC1=[C-]C(C)C(C)=C1C.CCc1ccccc1-c1c[cH-]c2ccccc12.Cl.Cl.[CH3-].[CH3-].[Si]=[Zr]. The van der Waals surface area contributed by atoms with Crippen LogP contribution in [0.2, 0.25) is 0 Å². The van der Waals surface area contributed by atoms with Crippen LogP contribution in [0.1, 0.15) is 40.2 Å². The third-order valence-corrected chi connectivity index (χ3v) is 5.61. The summed E-state index contributed by atoms with van der Waals surface area (Å²) in [6.45, 7) is 13.9. The maximum absolute atomic E-state index is 3.36. The van der Waals surface area contributed by atoms with Crippen LogP contribution in [-0.2, 0) is 29.8 Å². The molecular formula is C28H36Cl2SiZr-4. The van der Waals surface area contributed by atoms with E-state index in [4.69, 9.17) is 0 Å². The predicted molar refractivity (Wildman–Crippen MR) is 147 cm³/mol. The Balaban J connectivity index is -0.000000490. The van der Waals surface area contributed by atoms with Crippen LogP contribution in [0, 0.1) is 26.8 Å². The van der Waals surface area contributed by atoms with Gasteiger partial charge in [0.25, 0.3) is 0 Å². The molecule has 1 aliphatic rings. The van der Waals surface area contributed by atoms with Gasteiger partial charge in [-0.25, -0.2) is 5.57 Å². The second-order valence-electron chi connectivity index (χ2n) is 7.14. The zero-order chi connectivity index (χ0) is 20.7. The fourth-order valence-electron chi connectivity index (χ4n) is 3.64. The molecule has 174 valence electrons. The van der Waals surface area contributed by atoms with Crippen LogP contribution in [0.4, 0.5) is 0 Å². The summed E-state index contributed by atoms with van der Waals surface area (Å²) in [5.74, 6) is 0.560. The number of aryl methyl sites for hydroxylation is 1. The van der Waals surface area contributed by atoms with Gasteiger partial charge in [-0.15, -0.1) is 78.4 Å². The zero-order valence-corrected chi connectivity index (χ0v) is 25.5. The molecule has 0 bridgehead atoms. The second-order valence-corrected chi connectivity index (χ2v) is 7.14. The van der Waals surface area contributed by atoms with Crippen LogP contribution in [0.15, 0.2) is 77.4 Å². The first kappa shape index (κ1) is 35.8. The second kappa shape index (κ2) is 17.7. The van der Waals surface area contributed by atoms with E-state index >= 15 is 0 Å². The molecule has 0 aromatic heterocycles. The van der Waals surface area contributed by atoms with Gasteiger partial charge in [-0.3, -0.25) is 6.08 Å². The Morgan fingerprint density at radius 2 is 1.47 bits per heavy atom. The number of benzene rings is 2. The number of hydrogen-bond donors (Lipinski definition) is 0. The van der Waals surface area contributed by atoms with Crippen molar-refractivity contribution in [3.05, 3.63) is 104 Å². The van der Waals surface area contributed by atoms with E-state index < -0.39 is 0 Å². The topological polar surface area (TPSA) is 0 Å².